The van der Waals surface area contributed by atoms with Crippen LogP contribution in [0, 0.1) is 23.7 Å². The average molecular weight is 711 g/mol. The highest BCUT2D eigenvalue weighted by atomic mass is 32.2. The number of piperidine rings is 2. The largest absolute Gasteiger partial charge is 0.545 e. The Bertz CT molecular complexity index is 1780. The second kappa shape index (κ2) is 13.1. The molecule has 256 valence electrons. The lowest BCUT2D eigenvalue weighted by molar-refractivity contribution is -0.140. The second-order valence-electron chi connectivity index (χ2n) is 13.0. The molecule has 2 aromatic rings. The molecule has 14 nitrogen and oxygen atoms in total. The molecule has 2 aromatic carbocycles. The standard InChI is InChI=1S/C30H39N4O10PS2/c1-18-10-19(2)15-33(14-18)46(39,40)23-6-8-25-27(12-23)30(31-43-22(5)35)28-13-24(7-9-26(28)29(25)32-44-45(36,37)38)47(41,42)34-16-20(3)11-21(4)17-34/h6-9,12-13,18-21H,10-11,14-17H2,1-5H3,(H2,36,37,38)/t18-,19+,20-,21+. The van der Waals surface area contributed by atoms with Crippen molar-refractivity contribution in [3.8, 4) is 0 Å². The maximum Gasteiger partial charge on any atom is 0.545 e. The van der Waals surface area contributed by atoms with Crippen molar-refractivity contribution < 1.29 is 45.4 Å². The van der Waals surface area contributed by atoms with Crippen molar-refractivity contribution in [1.82, 2.24) is 8.61 Å². The Balaban J connectivity index is 1.71. The molecule has 2 N–H and O–H groups in total. The van der Waals surface area contributed by atoms with Crippen LogP contribution in [0.25, 0.3) is 0 Å². The third kappa shape index (κ3) is 7.53. The Hall–Kier alpha value is -2.98. The van der Waals surface area contributed by atoms with Gasteiger partial charge in [0.25, 0.3) is 0 Å². The van der Waals surface area contributed by atoms with Gasteiger partial charge in [0.15, 0.2) is 0 Å². The second-order valence-corrected chi connectivity index (χ2v) is 18.0. The van der Waals surface area contributed by atoms with E-state index in [1.807, 2.05) is 27.7 Å². The molecule has 5 rings (SSSR count). The molecule has 0 spiro atoms. The Morgan fingerprint density at radius 3 is 1.47 bits per heavy atom. The van der Waals surface area contributed by atoms with Gasteiger partial charge in [-0.3, -0.25) is 14.4 Å². The highest BCUT2D eigenvalue weighted by Crippen LogP contribution is 2.39. The SMILES string of the molecule is CC(=O)ON=C1c2cc(S(=O)(=O)N3C[C@H](C)C[C@H](C)C3)ccc2C(=NOP(=O)(O)O)c2ccc(S(=O)(=O)N3C[C@H](C)C[C@H](C)C3)cc21. The van der Waals surface area contributed by atoms with Crippen molar-refractivity contribution >= 4 is 45.3 Å². The van der Waals surface area contributed by atoms with Crippen molar-refractivity contribution in [2.45, 2.75) is 57.3 Å². The monoisotopic (exact) mass is 710 g/mol. The van der Waals surface area contributed by atoms with Gasteiger partial charge >= 0.3 is 13.8 Å². The molecule has 2 aliphatic heterocycles. The van der Waals surface area contributed by atoms with Gasteiger partial charge < -0.3 is 4.84 Å². The van der Waals surface area contributed by atoms with E-state index in [9.17, 15) is 36.0 Å². The van der Waals surface area contributed by atoms with E-state index in [2.05, 4.69) is 14.9 Å². The molecule has 0 amide bonds. The molecule has 4 atom stereocenters. The topological polar surface area (TPSA) is 193 Å². The summed E-state index contributed by atoms with van der Waals surface area (Å²) in [6.45, 7) is 10.3. The third-order valence-electron chi connectivity index (χ3n) is 8.45. The average Bonchev–Trinajstić information content (AvgIpc) is 2.96. The van der Waals surface area contributed by atoms with Crippen LogP contribution in [-0.4, -0.2) is 78.8 Å². The minimum Gasteiger partial charge on any atom is -0.318 e. The fourth-order valence-corrected chi connectivity index (χ4v) is 10.4. The molecule has 47 heavy (non-hydrogen) atoms. The summed E-state index contributed by atoms with van der Waals surface area (Å²) in [5.41, 5.74) is 0.265. The van der Waals surface area contributed by atoms with Crippen molar-refractivity contribution in [2.24, 2.45) is 34.0 Å². The summed E-state index contributed by atoms with van der Waals surface area (Å²) in [5.74, 6) is -0.254. The van der Waals surface area contributed by atoms with E-state index in [0.717, 1.165) is 19.8 Å². The van der Waals surface area contributed by atoms with Crippen LogP contribution < -0.4 is 0 Å². The van der Waals surface area contributed by atoms with Gasteiger partial charge in [0, 0.05) is 55.4 Å². The number of rotatable bonds is 7. The Kier molecular flexibility index (Phi) is 9.88. The molecule has 2 heterocycles. The van der Waals surface area contributed by atoms with Crippen molar-refractivity contribution in [3.05, 3.63) is 58.7 Å². The Labute approximate surface area is 274 Å². The third-order valence-corrected chi connectivity index (χ3v) is 12.4. The summed E-state index contributed by atoms with van der Waals surface area (Å²) >= 11 is 0. The molecule has 0 radical (unpaired) electrons. The fourth-order valence-electron chi connectivity index (χ4n) is 6.77. The van der Waals surface area contributed by atoms with Crippen LogP contribution in [0.1, 0.15) is 69.7 Å². The number of nitrogens with zero attached hydrogens (tertiary/aromatic N) is 4. The molecule has 2 saturated heterocycles. The van der Waals surface area contributed by atoms with Crippen LogP contribution >= 0.6 is 7.82 Å². The highest BCUT2D eigenvalue weighted by molar-refractivity contribution is 7.89. The smallest absolute Gasteiger partial charge is 0.318 e. The molecular formula is C30H39N4O10PS2. The number of carbonyl (C=O) groups is 1. The first-order valence-electron chi connectivity index (χ1n) is 15.2. The van der Waals surface area contributed by atoms with Crippen LogP contribution in [0.4, 0.5) is 0 Å². The summed E-state index contributed by atoms with van der Waals surface area (Å²) in [4.78, 5) is 35.6. The molecule has 0 aromatic heterocycles. The summed E-state index contributed by atoms with van der Waals surface area (Å²) in [6.07, 6.45) is 1.76. The zero-order valence-electron chi connectivity index (χ0n) is 26.7. The van der Waals surface area contributed by atoms with Gasteiger partial charge in [-0.15, -0.1) is 0 Å². The molecule has 1 aliphatic carbocycles. The Morgan fingerprint density at radius 2 is 1.11 bits per heavy atom. The first kappa shape index (κ1) is 35.3. The molecule has 3 aliphatic rings. The van der Waals surface area contributed by atoms with Crippen molar-refractivity contribution in [3.63, 3.8) is 0 Å². The van der Waals surface area contributed by atoms with Crippen LogP contribution in [-0.2, 0) is 38.9 Å². The number of fused-ring (bicyclic) bond motifs is 2. The van der Waals surface area contributed by atoms with E-state index in [1.54, 1.807) is 0 Å². The number of sulfonamides is 2. The molecule has 17 heteroatoms. The lowest BCUT2D eigenvalue weighted by Crippen LogP contribution is -2.42. The predicted octanol–water partition coefficient (Wildman–Crippen LogP) is 3.51. The number of hydrogen-bond acceptors (Lipinski definition) is 10. The summed E-state index contributed by atoms with van der Waals surface area (Å²) in [5, 5.41) is 7.77. The quantitative estimate of drug-likeness (QED) is 0.208. The minimum absolute atomic E-state index is 0.0701. The van der Waals surface area contributed by atoms with Crippen molar-refractivity contribution in [2.75, 3.05) is 26.2 Å². The van der Waals surface area contributed by atoms with Gasteiger partial charge in [0.05, 0.1) is 9.79 Å². The van der Waals surface area contributed by atoms with E-state index < -0.39 is 33.8 Å². The normalized spacial score (nSPS) is 24.2. The summed E-state index contributed by atoms with van der Waals surface area (Å²) in [6, 6.07) is 8.10. The lowest BCUT2D eigenvalue weighted by Gasteiger charge is -2.34. The van der Waals surface area contributed by atoms with Crippen LogP contribution in [0.2, 0.25) is 0 Å². The van der Waals surface area contributed by atoms with Gasteiger partial charge in [-0.25, -0.2) is 26.2 Å². The maximum absolute atomic E-state index is 13.9. The summed E-state index contributed by atoms with van der Waals surface area (Å²) < 4.78 is 74.6. The van der Waals surface area contributed by atoms with Gasteiger partial charge in [0.2, 0.25) is 20.0 Å². The van der Waals surface area contributed by atoms with E-state index in [-0.39, 0.29) is 67.1 Å². The number of carbonyl (C=O) groups excluding carboxylic acids is 1. The van der Waals surface area contributed by atoms with E-state index >= 15 is 0 Å². The first-order valence-corrected chi connectivity index (χ1v) is 19.7. The lowest BCUT2D eigenvalue weighted by atomic mass is 9.83. The zero-order chi connectivity index (χ0) is 34.5. The molecule has 0 saturated carbocycles. The number of benzene rings is 2. The number of phosphoric acid groups is 1. The van der Waals surface area contributed by atoms with Crippen molar-refractivity contribution in [1.29, 1.82) is 0 Å². The molecule has 2 fully saturated rings. The fraction of sp³-hybridized carbons (Fsp3) is 0.500. The Morgan fingerprint density at radius 1 is 0.723 bits per heavy atom. The van der Waals surface area contributed by atoms with Gasteiger partial charge in [-0.05, 0) is 60.8 Å². The molecule has 0 bridgehead atoms. The number of hydrogen-bond donors (Lipinski definition) is 2. The van der Waals surface area contributed by atoms with E-state index in [4.69, 9.17) is 4.84 Å². The zero-order valence-corrected chi connectivity index (χ0v) is 29.3. The van der Waals surface area contributed by atoms with Gasteiger partial charge in [-0.2, -0.15) is 8.61 Å². The molecule has 0 unspecified atom stereocenters. The predicted molar refractivity (Wildman–Crippen MR) is 172 cm³/mol. The molecular weight excluding hydrogens is 671 g/mol. The van der Waals surface area contributed by atoms with E-state index in [1.165, 1.54) is 45.0 Å². The van der Waals surface area contributed by atoms with Crippen LogP contribution in [0.15, 0.2) is 56.5 Å². The minimum atomic E-state index is -5.12. The highest BCUT2D eigenvalue weighted by Gasteiger charge is 2.37. The maximum atomic E-state index is 13.9. The van der Waals surface area contributed by atoms with E-state index in [0.29, 0.717) is 26.2 Å². The van der Waals surface area contributed by atoms with Gasteiger partial charge in [-0.1, -0.05) is 50.1 Å². The van der Waals surface area contributed by atoms with Crippen LogP contribution in [0.5, 0.6) is 0 Å². The van der Waals surface area contributed by atoms with Crippen LogP contribution in [0.3, 0.4) is 0 Å². The number of oxime groups is 2. The first-order chi connectivity index (χ1) is 21.9. The summed E-state index contributed by atoms with van der Waals surface area (Å²) in [7, 11) is -13.2. The van der Waals surface area contributed by atoms with Gasteiger partial charge in [0.1, 0.15) is 11.4 Å².